The van der Waals surface area contributed by atoms with Crippen LogP contribution < -0.4 is 15.3 Å². The molecule has 37 heavy (non-hydrogen) atoms. The molecule has 196 valence electrons. The van der Waals surface area contributed by atoms with Crippen LogP contribution in [0.2, 0.25) is 0 Å². The number of carbonyl (C=O) groups is 1. The number of halogens is 1. The van der Waals surface area contributed by atoms with E-state index in [2.05, 4.69) is 15.1 Å². The molecule has 11 nitrogen and oxygen atoms in total. The number of rotatable bonds is 10. The number of nitrogens with two attached hydrogens (primary N) is 1. The van der Waals surface area contributed by atoms with E-state index in [0.29, 0.717) is 22.6 Å². The van der Waals surface area contributed by atoms with E-state index in [1.807, 2.05) is 0 Å². The average Bonchev–Trinajstić information content (AvgIpc) is 3.44. The van der Waals surface area contributed by atoms with Crippen molar-refractivity contribution in [3.63, 3.8) is 0 Å². The number of fused-ring (bicyclic) bond motifs is 1. The van der Waals surface area contributed by atoms with Crippen LogP contribution in [0.15, 0.2) is 60.8 Å². The van der Waals surface area contributed by atoms with Crippen molar-refractivity contribution in [2.45, 2.75) is 50.8 Å². The van der Waals surface area contributed by atoms with E-state index in [1.54, 1.807) is 36.4 Å². The van der Waals surface area contributed by atoms with E-state index in [4.69, 9.17) is 24.5 Å². The Kier molecular flexibility index (Phi) is 7.25. The summed E-state index contributed by atoms with van der Waals surface area (Å²) < 4.78 is 52.5. The van der Waals surface area contributed by atoms with Crippen LogP contribution in [0.3, 0.4) is 0 Å². The first-order valence-corrected chi connectivity index (χ1v) is 13.7. The molecule has 0 radical (unpaired) electrons. The summed E-state index contributed by atoms with van der Waals surface area (Å²) in [4.78, 5) is 20.9. The van der Waals surface area contributed by atoms with E-state index >= 15 is 0 Å². The average molecular weight is 531 g/mol. The zero-order valence-corrected chi connectivity index (χ0v) is 20.9. The Bertz CT molecular complexity index is 1350. The molecule has 3 N–H and O–H groups in total. The number of benzene rings is 1. The van der Waals surface area contributed by atoms with E-state index in [1.165, 1.54) is 24.0 Å². The van der Waals surface area contributed by atoms with E-state index in [-0.39, 0.29) is 6.10 Å². The van der Waals surface area contributed by atoms with Gasteiger partial charge >= 0.3 is 13.5 Å². The van der Waals surface area contributed by atoms with Gasteiger partial charge in [0, 0.05) is 12.3 Å². The minimum Gasteiger partial charge on any atom is -0.461 e. The van der Waals surface area contributed by atoms with Crippen LogP contribution in [-0.4, -0.2) is 45.3 Å². The summed E-state index contributed by atoms with van der Waals surface area (Å²) in [5, 5.41) is 2.72. The maximum Gasteiger partial charge on any atom is 0.342 e. The number of carbonyl (C=O) groups excluding carboxylic acids is 1. The Morgan fingerprint density at radius 2 is 2.08 bits per heavy atom. The molecule has 1 aliphatic carbocycles. The highest BCUT2D eigenvalue weighted by Crippen LogP contribution is 2.45. The smallest absolute Gasteiger partial charge is 0.342 e. The highest BCUT2D eigenvalue weighted by atomic mass is 31.2. The summed E-state index contributed by atoms with van der Waals surface area (Å²) in [5.74, 6) is -0.872. The number of nitrogens with one attached hydrogen (secondary N) is 1. The fourth-order valence-electron chi connectivity index (χ4n) is 3.87. The standard InChI is InChI=1S/C24H27FN5O6P/c1-15(24(31)34-16-8-5-9-16)29-37(32,36-17-6-3-2-4-7-17)14-33-20-12-18(25)23(35-20)30-13-28-21-19(26)10-11-27-22(21)30/h2-4,6-7,10-13,15-16,20,23H,5,8-9,14H2,1H3,(H2,26,27)(H,29,32)/t15-,20-,23+,37?/m0/s1. The summed E-state index contributed by atoms with van der Waals surface area (Å²) in [6, 6.07) is 9.11. The lowest BCUT2D eigenvalue weighted by atomic mass is 9.96. The Morgan fingerprint density at radius 3 is 2.81 bits per heavy atom. The van der Waals surface area contributed by atoms with Gasteiger partial charge in [-0.3, -0.25) is 13.9 Å². The van der Waals surface area contributed by atoms with Gasteiger partial charge in [0.2, 0.25) is 0 Å². The monoisotopic (exact) mass is 531 g/mol. The van der Waals surface area contributed by atoms with Crippen molar-refractivity contribution in [2.24, 2.45) is 0 Å². The third kappa shape index (κ3) is 5.67. The van der Waals surface area contributed by atoms with Crippen LogP contribution in [0.4, 0.5) is 10.1 Å². The molecule has 0 spiro atoms. The first-order valence-electron chi connectivity index (χ1n) is 11.8. The van der Waals surface area contributed by atoms with Gasteiger partial charge in [-0.2, -0.15) is 0 Å². The number of nitrogen functional groups attached to an aromatic ring is 1. The van der Waals surface area contributed by atoms with Gasteiger partial charge in [-0.05, 0) is 44.4 Å². The Labute approximate surface area is 212 Å². The third-order valence-electron chi connectivity index (χ3n) is 6.02. The number of nitrogens with zero attached hydrogens (tertiary/aromatic N) is 3. The van der Waals surface area contributed by atoms with Crippen molar-refractivity contribution in [1.82, 2.24) is 19.6 Å². The highest BCUT2D eigenvalue weighted by molar-refractivity contribution is 7.57. The first-order chi connectivity index (χ1) is 17.8. The Balaban J connectivity index is 1.27. The van der Waals surface area contributed by atoms with Crippen molar-refractivity contribution in [2.75, 3.05) is 12.1 Å². The fraction of sp³-hybridized carbons (Fsp3) is 0.375. The van der Waals surface area contributed by atoms with Gasteiger partial charge in [0.15, 0.2) is 30.3 Å². The van der Waals surface area contributed by atoms with Crippen LogP contribution in [0.1, 0.15) is 32.4 Å². The fourth-order valence-corrected chi connectivity index (χ4v) is 5.55. The van der Waals surface area contributed by atoms with Gasteiger partial charge in [-0.1, -0.05) is 18.2 Å². The summed E-state index contributed by atoms with van der Waals surface area (Å²) in [6.45, 7) is 1.53. The zero-order chi connectivity index (χ0) is 26.0. The van der Waals surface area contributed by atoms with Crippen molar-refractivity contribution in [1.29, 1.82) is 0 Å². The molecule has 0 bridgehead atoms. The number of esters is 1. The predicted molar refractivity (Wildman–Crippen MR) is 132 cm³/mol. The molecule has 1 unspecified atom stereocenters. The molecule has 1 fully saturated rings. The number of anilines is 1. The zero-order valence-electron chi connectivity index (χ0n) is 20.0. The lowest BCUT2D eigenvalue weighted by Gasteiger charge is -2.28. The largest absolute Gasteiger partial charge is 0.461 e. The molecule has 2 aromatic heterocycles. The van der Waals surface area contributed by atoms with Crippen LogP contribution in [0.5, 0.6) is 5.75 Å². The number of imidazole rings is 1. The molecule has 3 heterocycles. The molecule has 1 saturated carbocycles. The maximum absolute atomic E-state index is 14.8. The van der Waals surface area contributed by atoms with E-state index < -0.39 is 44.2 Å². The number of aromatic nitrogens is 3. The van der Waals surface area contributed by atoms with E-state index in [9.17, 15) is 13.8 Å². The molecule has 13 heteroatoms. The molecule has 3 aromatic rings. The van der Waals surface area contributed by atoms with Crippen LogP contribution in [0, 0.1) is 0 Å². The van der Waals surface area contributed by atoms with Crippen LogP contribution in [-0.2, 0) is 23.6 Å². The summed E-state index contributed by atoms with van der Waals surface area (Å²) in [6.07, 6.45) is 3.59. The van der Waals surface area contributed by atoms with Gasteiger partial charge in [0.1, 0.15) is 23.4 Å². The molecular formula is C24H27FN5O6P. The lowest BCUT2D eigenvalue weighted by Crippen LogP contribution is -2.39. The highest BCUT2D eigenvalue weighted by Gasteiger charge is 2.36. The quantitative estimate of drug-likeness (QED) is 0.291. The van der Waals surface area contributed by atoms with Crippen LogP contribution in [0.25, 0.3) is 11.2 Å². The summed E-state index contributed by atoms with van der Waals surface area (Å²) in [5.41, 5.74) is 7.06. The van der Waals surface area contributed by atoms with Crippen molar-refractivity contribution < 1.29 is 32.5 Å². The Morgan fingerprint density at radius 1 is 1.30 bits per heavy atom. The number of pyridine rings is 1. The predicted octanol–water partition coefficient (Wildman–Crippen LogP) is 4.04. The van der Waals surface area contributed by atoms with Gasteiger partial charge in [0.05, 0.1) is 12.0 Å². The second-order valence-corrected chi connectivity index (χ2v) is 10.9. The minimum absolute atomic E-state index is 0.122. The lowest BCUT2D eigenvalue weighted by molar-refractivity contribution is -0.154. The number of hydrogen-bond acceptors (Lipinski definition) is 9. The second kappa shape index (κ2) is 10.6. The minimum atomic E-state index is -3.84. The number of para-hydroxylation sites is 1. The maximum atomic E-state index is 14.8. The first kappa shape index (κ1) is 25.3. The van der Waals surface area contributed by atoms with Gasteiger partial charge in [0.25, 0.3) is 0 Å². The normalized spacial score (nSPS) is 22.2. The Hall–Kier alpha value is -3.31. The SMILES string of the molecule is C[C@H](NP(=O)(CO[C@@H]1C=C(F)[C@H](n2cnc3c(N)ccnc32)O1)Oc1ccccc1)C(=O)OC1CCC1. The molecule has 2 aliphatic rings. The molecule has 1 aliphatic heterocycles. The molecule has 0 saturated heterocycles. The number of hydrogen-bond donors (Lipinski definition) is 2. The molecule has 4 atom stereocenters. The van der Waals surface area contributed by atoms with Gasteiger partial charge < -0.3 is 24.5 Å². The molecule has 1 aromatic carbocycles. The molecule has 0 amide bonds. The van der Waals surface area contributed by atoms with E-state index in [0.717, 1.165) is 25.3 Å². The molecule has 5 rings (SSSR count). The molecular weight excluding hydrogens is 504 g/mol. The van der Waals surface area contributed by atoms with Crippen molar-refractivity contribution in [3.05, 3.63) is 60.8 Å². The second-order valence-electron chi connectivity index (χ2n) is 8.85. The summed E-state index contributed by atoms with van der Waals surface area (Å²) in [7, 11) is -3.84. The van der Waals surface area contributed by atoms with Gasteiger partial charge in [-0.15, -0.1) is 0 Å². The third-order valence-corrected chi connectivity index (χ3v) is 7.80. The number of ether oxygens (including phenoxy) is 3. The van der Waals surface area contributed by atoms with Crippen molar-refractivity contribution >= 4 is 30.3 Å². The van der Waals surface area contributed by atoms with Crippen LogP contribution >= 0.6 is 7.52 Å². The summed E-state index contributed by atoms with van der Waals surface area (Å²) >= 11 is 0. The van der Waals surface area contributed by atoms with Crippen molar-refractivity contribution in [3.8, 4) is 5.75 Å². The van der Waals surface area contributed by atoms with Gasteiger partial charge in [-0.25, -0.2) is 19.4 Å². The topological polar surface area (TPSA) is 140 Å².